The molecule has 0 fully saturated rings. The van der Waals surface area contributed by atoms with E-state index in [9.17, 15) is 4.79 Å². The zero-order chi connectivity index (χ0) is 20.4. The number of allylic oxidation sites excluding steroid dienone is 1. The van der Waals surface area contributed by atoms with Crippen molar-refractivity contribution in [3.05, 3.63) is 101 Å². The maximum Gasteiger partial charge on any atom is 0.270 e. The highest BCUT2D eigenvalue weighted by molar-refractivity contribution is 6.10. The van der Waals surface area contributed by atoms with Gasteiger partial charge in [-0.25, -0.2) is 0 Å². The molecule has 6 nitrogen and oxygen atoms in total. The van der Waals surface area contributed by atoms with Crippen LogP contribution in [-0.4, -0.2) is 32.8 Å². The average molecular weight is 385 g/mol. The summed E-state index contributed by atoms with van der Waals surface area (Å²) in [7, 11) is 1.89. The summed E-state index contributed by atoms with van der Waals surface area (Å²) in [5.41, 5.74) is 10.5. The predicted molar refractivity (Wildman–Crippen MR) is 112 cm³/mol. The maximum atomic E-state index is 13.1. The second-order valence-corrected chi connectivity index (χ2v) is 7.26. The lowest BCUT2D eigenvalue weighted by atomic mass is 9.86. The highest BCUT2D eigenvalue weighted by Gasteiger charge is 2.30. The third-order valence-corrected chi connectivity index (χ3v) is 5.24. The molecular formula is C23H23N5O. The molecule has 0 saturated heterocycles. The minimum atomic E-state index is -0.255. The first-order valence-electron chi connectivity index (χ1n) is 9.49. The van der Waals surface area contributed by atoms with Crippen LogP contribution >= 0.6 is 0 Å². The molecule has 146 valence electrons. The van der Waals surface area contributed by atoms with E-state index in [2.05, 4.69) is 11.2 Å². The Morgan fingerprint density at radius 2 is 1.90 bits per heavy atom. The number of carbonyl (C=O) groups excluding carboxylic acids is 1. The van der Waals surface area contributed by atoms with Crippen molar-refractivity contribution in [3.8, 4) is 0 Å². The maximum absolute atomic E-state index is 13.1. The molecule has 1 aliphatic heterocycles. The summed E-state index contributed by atoms with van der Waals surface area (Å²) in [5.74, 6) is -0.215. The van der Waals surface area contributed by atoms with E-state index >= 15 is 0 Å². The third-order valence-electron chi connectivity index (χ3n) is 5.24. The molecule has 1 aliphatic rings. The highest BCUT2D eigenvalue weighted by Crippen LogP contribution is 2.33. The van der Waals surface area contributed by atoms with Gasteiger partial charge in [0.15, 0.2) is 0 Å². The van der Waals surface area contributed by atoms with Crippen molar-refractivity contribution in [1.29, 1.82) is 5.41 Å². The number of amides is 1. The van der Waals surface area contributed by atoms with E-state index in [0.717, 1.165) is 16.7 Å². The lowest BCUT2D eigenvalue weighted by Crippen LogP contribution is -2.40. The summed E-state index contributed by atoms with van der Waals surface area (Å²) < 4.78 is 1.77. The van der Waals surface area contributed by atoms with Crippen LogP contribution in [0.15, 0.2) is 78.8 Å². The molecule has 1 aromatic heterocycles. The van der Waals surface area contributed by atoms with Crippen LogP contribution in [0.25, 0.3) is 0 Å². The molecule has 0 bridgehead atoms. The van der Waals surface area contributed by atoms with Crippen molar-refractivity contribution >= 4 is 11.6 Å². The van der Waals surface area contributed by atoms with Crippen LogP contribution in [0, 0.1) is 5.41 Å². The molecule has 0 spiro atoms. The molecule has 2 heterocycles. The average Bonchev–Trinajstić information content (AvgIpc) is 3.19. The van der Waals surface area contributed by atoms with E-state index in [4.69, 9.17) is 11.1 Å². The van der Waals surface area contributed by atoms with Crippen LogP contribution in [0.4, 0.5) is 0 Å². The standard InChI is InChI=1S/C23H23N5O/c1-27-13-18(12-26-27)20-15-28(14-17-9-5-6-10-19(17)20)23(29)22(25)11-21(24)16-7-3-2-4-8-16/h2-13,20,24H,14-15,25H2,1H3/b22-11-,24-21?. The molecule has 2 aromatic carbocycles. The minimum absolute atomic E-state index is 0.0407. The molecule has 3 aromatic rings. The normalized spacial score (nSPS) is 16.4. The molecule has 4 rings (SSSR count). The number of hydrogen-bond donors (Lipinski definition) is 2. The third kappa shape index (κ3) is 3.82. The molecule has 0 radical (unpaired) electrons. The van der Waals surface area contributed by atoms with Gasteiger partial charge in [0.05, 0.1) is 17.6 Å². The van der Waals surface area contributed by atoms with Crippen molar-refractivity contribution in [2.45, 2.75) is 12.5 Å². The molecule has 0 saturated carbocycles. The fraction of sp³-hybridized carbons (Fsp3) is 0.174. The van der Waals surface area contributed by atoms with Crippen LogP contribution in [0.1, 0.15) is 28.2 Å². The summed E-state index contributed by atoms with van der Waals surface area (Å²) in [6, 6.07) is 17.4. The van der Waals surface area contributed by atoms with E-state index in [-0.39, 0.29) is 23.2 Å². The monoisotopic (exact) mass is 385 g/mol. The Morgan fingerprint density at radius 3 is 2.62 bits per heavy atom. The SMILES string of the molecule is Cn1cc(C2CN(C(=O)/C(N)=C/C(=N)c3ccccc3)Cc3ccccc32)cn1. The number of nitrogens with two attached hydrogens (primary N) is 1. The smallest absolute Gasteiger partial charge is 0.270 e. The minimum Gasteiger partial charge on any atom is -0.394 e. The Labute approximate surface area is 169 Å². The topological polar surface area (TPSA) is 88.0 Å². The molecular weight excluding hydrogens is 362 g/mol. The molecule has 1 amide bonds. The Balaban J connectivity index is 1.61. The predicted octanol–water partition coefficient (Wildman–Crippen LogP) is 2.80. The zero-order valence-corrected chi connectivity index (χ0v) is 16.2. The van der Waals surface area contributed by atoms with Crippen LogP contribution in [0.5, 0.6) is 0 Å². The van der Waals surface area contributed by atoms with Gasteiger partial charge in [0.2, 0.25) is 0 Å². The van der Waals surface area contributed by atoms with E-state index in [1.165, 1.54) is 11.6 Å². The fourth-order valence-electron chi connectivity index (χ4n) is 3.77. The Bertz CT molecular complexity index is 1080. The summed E-state index contributed by atoms with van der Waals surface area (Å²) in [5, 5.41) is 12.5. The second kappa shape index (κ2) is 7.75. The quantitative estimate of drug-likeness (QED) is 0.535. The van der Waals surface area contributed by atoms with Crippen molar-refractivity contribution < 1.29 is 4.79 Å². The summed E-state index contributed by atoms with van der Waals surface area (Å²) >= 11 is 0. The Morgan fingerprint density at radius 1 is 1.17 bits per heavy atom. The lowest BCUT2D eigenvalue weighted by molar-refractivity contribution is -0.128. The van der Waals surface area contributed by atoms with E-state index in [1.54, 1.807) is 9.58 Å². The van der Waals surface area contributed by atoms with Crippen molar-refractivity contribution in [2.75, 3.05) is 6.54 Å². The second-order valence-electron chi connectivity index (χ2n) is 7.26. The molecule has 6 heteroatoms. The zero-order valence-electron chi connectivity index (χ0n) is 16.2. The molecule has 3 N–H and O–H groups in total. The molecule has 1 atom stereocenters. The van der Waals surface area contributed by atoms with E-state index in [1.807, 2.05) is 68.0 Å². The number of aryl methyl sites for hydroxylation is 1. The lowest BCUT2D eigenvalue weighted by Gasteiger charge is -2.34. The summed E-state index contributed by atoms with van der Waals surface area (Å²) in [6.45, 7) is 1.02. The van der Waals surface area contributed by atoms with Gasteiger partial charge in [-0.2, -0.15) is 5.10 Å². The number of aromatic nitrogens is 2. The van der Waals surface area contributed by atoms with Gasteiger partial charge in [0, 0.05) is 32.3 Å². The first kappa shape index (κ1) is 18.7. The van der Waals surface area contributed by atoms with Crippen LogP contribution in [0.2, 0.25) is 0 Å². The first-order chi connectivity index (χ1) is 14.0. The van der Waals surface area contributed by atoms with Crippen LogP contribution in [-0.2, 0) is 18.4 Å². The van der Waals surface area contributed by atoms with Gasteiger partial charge in [0.1, 0.15) is 0 Å². The van der Waals surface area contributed by atoms with Crippen LogP contribution in [0.3, 0.4) is 0 Å². The Hall–Kier alpha value is -3.67. The van der Waals surface area contributed by atoms with Gasteiger partial charge in [-0.15, -0.1) is 0 Å². The fourth-order valence-corrected chi connectivity index (χ4v) is 3.77. The summed E-state index contributed by atoms with van der Waals surface area (Å²) in [4.78, 5) is 14.8. The number of nitrogens with one attached hydrogen (secondary N) is 1. The molecule has 0 aliphatic carbocycles. The summed E-state index contributed by atoms with van der Waals surface area (Å²) in [6.07, 6.45) is 5.27. The number of fused-ring (bicyclic) bond motifs is 1. The largest absolute Gasteiger partial charge is 0.394 e. The van der Waals surface area contributed by atoms with Gasteiger partial charge in [0.25, 0.3) is 5.91 Å². The van der Waals surface area contributed by atoms with Crippen LogP contribution < -0.4 is 5.73 Å². The van der Waals surface area contributed by atoms with Gasteiger partial charge in [-0.3, -0.25) is 9.48 Å². The van der Waals surface area contributed by atoms with Gasteiger partial charge in [-0.05, 0) is 28.3 Å². The first-order valence-corrected chi connectivity index (χ1v) is 9.49. The molecule has 29 heavy (non-hydrogen) atoms. The number of benzene rings is 2. The highest BCUT2D eigenvalue weighted by atomic mass is 16.2. The van der Waals surface area contributed by atoms with Gasteiger partial charge >= 0.3 is 0 Å². The number of nitrogens with zero attached hydrogens (tertiary/aromatic N) is 3. The number of hydrogen-bond acceptors (Lipinski definition) is 4. The van der Waals surface area contributed by atoms with Crippen molar-refractivity contribution in [3.63, 3.8) is 0 Å². The number of carbonyl (C=O) groups is 1. The van der Waals surface area contributed by atoms with E-state index < -0.39 is 0 Å². The Kier molecular flexibility index (Phi) is 4.99. The van der Waals surface area contributed by atoms with Crippen molar-refractivity contribution in [1.82, 2.24) is 14.7 Å². The van der Waals surface area contributed by atoms with Gasteiger partial charge < -0.3 is 16.0 Å². The van der Waals surface area contributed by atoms with E-state index in [0.29, 0.717) is 13.1 Å². The van der Waals surface area contributed by atoms with Crippen molar-refractivity contribution in [2.24, 2.45) is 12.8 Å². The number of rotatable bonds is 4. The molecule has 1 unspecified atom stereocenters. The van der Waals surface area contributed by atoms with Gasteiger partial charge in [-0.1, -0.05) is 54.6 Å².